The van der Waals surface area contributed by atoms with E-state index in [4.69, 9.17) is 30.4 Å². The van der Waals surface area contributed by atoms with Gasteiger partial charge in [-0.15, -0.1) is 0 Å². The van der Waals surface area contributed by atoms with Gasteiger partial charge >= 0.3 is 0 Å². The van der Waals surface area contributed by atoms with Crippen molar-refractivity contribution in [3.05, 3.63) is 167 Å². The molecule has 0 unspecified atom stereocenters. The molecule has 1 N–H and O–H groups in total. The number of nitrogens with one attached hydrogen (secondary N) is 1. The molecule has 0 amide bonds. The van der Waals surface area contributed by atoms with E-state index in [0.717, 1.165) is 60.8 Å². The van der Waals surface area contributed by atoms with E-state index in [9.17, 15) is 0 Å². The van der Waals surface area contributed by atoms with Gasteiger partial charge in [-0.25, -0.2) is 0 Å². The Morgan fingerprint density at radius 3 is 1.71 bits per heavy atom. The van der Waals surface area contributed by atoms with Gasteiger partial charge < -0.3 is 4.90 Å². The Hall–Kier alpha value is -6.86. The van der Waals surface area contributed by atoms with E-state index in [1.165, 1.54) is 32.3 Å². The molecule has 7 aromatic carbocycles. The minimum absolute atomic E-state index is 0.0394. The van der Waals surface area contributed by atoms with Crippen LogP contribution < -0.4 is 26.3 Å². The first-order valence-corrected chi connectivity index (χ1v) is 20.0. The standard InChI is InChI=1S/C51H43N7/c1-30(2)53-47-41(52)16-11-17-42(47)58(43-26-24-38(45-48(43)56-50(3,4)54-45)35-22-18-31-12-7-8-14-34(31)28-35)44-27-25-39(46-49(44)57-51(5,6)55-46)36-23-21-33-20-19-32-13-9-10-15-37(32)40(33)29-36/h7-30,52H,1-6H3. The lowest BCUT2D eigenvalue weighted by atomic mass is 9.96. The lowest BCUT2D eigenvalue weighted by molar-refractivity contribution is 0.549. The van der Waals surface area contributed by atoms with Crippen molar-refractivity contribution in [2.75, 3.05) is 4.90 Å². The molecule has 0 radical (unpaired) electrons. The summed E-state index contributed by atoms with van der Waals surface area (Å²) in [5.74, 6) is 0. The van der Waals surface area contributed by atoms with Crippen LogP contribution in [0.2, 0.25) is 0 Å². The lowest BCUT2D eigenvalue weighted by Gasteiger charge is -2.30. The predicted octanol–water partition coefficient (Wildman–Crippen LogP) is 9.92. The molecule has 1 aliphatic carbocycles. The number of allylic oxidation sites excluding steroid dienone is 4. The summed E-state index contributed by atoms with van der Waals surface area (Å²) in [6.45, 7) is 12.3. The van der Waals surface area contributed by atoms with Gasteiger partial charge in [0.1, 0.15) is 27.8 Å². The molecule has 282 valence electrons. The second-order valence-electron chi connectivity index (χ2n) is 16.6. The molecule has 0 fully saturated rings. The molecule has 0 saturated carbocycles. The summed E-state index contributed by atoms with van der Waals surface area (Å²) in [4.78, 5) is 28.5. The second kappa shape index (κ2) is 13.1. The number of rotatable bonds is 6. The van der Waals surface area contributed by atoms with Gasteiger partial charge in [-0.2, -0.15) is 0 Å². The largest absolute Gasteiger partial charge is 0.304 e. The maximum Gasteiger partial charge on any atom is 0.146 e. The lowest BCUT2D eigenvalue weighted by Crippen LogP contribution is -2.40. The number of hydrogen-bond donors (Lipinski definition) is 1. The fourth-order valence-corrected chi connectivity index (χ4v) is 8.58. The maximum atomic E-state index is 9.13. The SMILES string of the molecule is CC(C)N=C1C(=N)C=CC=C1N(c1ccc(-c2ccc3ccccc3c2)c2c1=NC(C)(C)N=2)c1ccc(-c2ccc3ccc4ccccc4c3c2)c2c1=NC(C)(C)N=2. The van der Waals surface area contributed by atoms with E-state index in [1.54, 1.807) is 6.08 Å². The van der Waals surface area contributed by atoms with Gasteiger partial charge in [0.2, 0.25) is 0 Å². The minimum atomic E-state index is -0.700. The van der Waals surface area contributed by atoms with Crippen LogP contribution in [0.3, 0.4) is 0 Å². The topological polar surface area (TPSA) is 88.9 Å². The fourth-order valence-electron chi connectivity index (χ4n) is 8.58. The quantitative estimate of drug-likeness (QED) is 0.133. The van der Waals surface area contributed by atoms with Gasteiger partial charge in [0.25, 0.3) is 0 Å². The molecule has 2 aliphatic heterocycles. The zero-order valence-corrected chi connectivity index (χ0v) is 33.5. The fraction of sp³-hybridized carbons (Fsp3) is 0.176. The van der Waals surface area contributed by atoms with Crippen molar-refractivity contribution in [3.63, 3.8) is 0 Å². The minimum Gasteiger partial charge on any atom is -0.304 e. The number of aliphatic imine (C=N–C) groups is 1. The van der Waals surface area contributed by atoms with Crippen molar-refractivity contribution in [2.24, 2.45) is 25.0 Å². The highest BCUT2D eigenvalue weighted by Gasteiger charge is 2.32. The Morgan fingerprint density at radius 2 is 1.07 bits per heavy atom. The van der Waals surface area contributed by atoms with Crippen LogP contribution in [0.4, 0.5) is 11.4 Å². The molecular weight excluding hydrogens is 711 g/mol. The number of benzene rings is 7. The van der Waals surface area contributed by atoms with Crippen LogP contribution in [-0.2, 0) is 0 Å². The van der Waals surface area contributed by atoms with E-state index >= 15 is 0 Å². The van der Waals surface area contributed by atoms with E-state index in [2.05, 4.69) is 140 Å². The molecule has 0 atom stereocenters. The van der Waals surface area contributed by atoms with Gasteiger partial charge in [-0.3, -0.25) is 30.4 Å². The molecule has 10 rings (SSSR count). The molecule has 0 aromatic heterocycles. The Labute approximate surface area is 337 Å². The van der Waals surface area contributed by atoms with Crippen LogP contribution in [0.1, 0.15) is 41.5 Å². The highest BCUT2D eigenvalue weighted by molar-refractivity contribution is 6.52. The Morgan fingerprint density at radius 1 is 0.552 bits per heavy atom. The monoisotopic (exact) mass is 753 g/mol. The van der Waals surface area contributed by atoms with E-state index < -0.39 is 11.3 Å². The summed E-state index contributed by atoms with van der Waals surface area (Å²) in [5, 5.41) is 19.6. The zero-order chi connectivity index (χ0) is 39.9. The molecule has 0 saturated heterocycles. The summed E-state index contributed by atoms with van der Waals surface area (Å²) in [6.07, 6.45) is 5.78. The van der Waals surface area contributed by atoms with Gasteiger partial charge in [0, 0.05) is 17.2 Å². The summed E-state index contributed by atoms with van der Waals surface area (Å²) >= 11 is 0. The molecule has 7 heteroatoms. The molecule has 2 heterocycles. The van der Waals surface area contributed by atoms with Crippen LogP contribution in [0.15, 0.2) is 170 Å². The Bertz CT molecular complexity index is 3290. The molecule has 0 spiro atoms. The Balaban J connectivity index is 1.24. The van der Waals surface area contributed by atoms with Crippen molar-refractivity contribution in [2.45, 2.75) is 58.9 Å². The van der Waals surface area contributed by atoms with E-state index in [1.807, 2.05) is 39.8 Å². The van der Waals surface area contributed by atoms with Crippen LogP contribution in [-0.4, -0.2) is 28.8 Å². The molecule has 7 aromatic rings. The highest BCUT2D eigenvalue weighted by Crippen LogP contribution is 2.34. The smallest absolute Gasteiger partial charge is 0.146 e. The second-order valence-corrected chi connectivity index (χ2v) is 16.6. The first-order valence-electron chi connectivity index (χ1n) is 20.0. The number of fused-ring (bicyclic) bond motifs is 6. The average molecular weight is 754 g/mol. The van der Waals surface area contributed by atoms with Gasteiger partial charge in [-0.05, 0) is 134 Å². The van der Waals surface area contributed by atoms with Crippen LogP contribution in [0.25, 0.3) is 54.6 Å². The summed E-state index contributed by atoms with van der Waals surface area (Å²) in [7, 11) is 0. The van der Waals surface area contributed by atoms with Crippen LogP contribution >= 0.6 is 0 Å². The highest BCUT2D eigenvalue weighted by atomic mass is 15.2. The summed E-state index contributed by atoms with van der Waals surface area (Å²) in [5.41, 5.74) is 6.21. The number of nitrogens with zero attached hydrogens (tertiary/aromatic N) is 6. The third-order valence-corrected chi connectivity index (χ3v) is 11.0. The van der Waals surface area contributed by atoms with Crippen molar-refractivity contribution >= 4 is 55.1 Å². The van der Waals surface area contributed by atoms with Gasteiger partial charge in [-0.1, -0.05) is 91.0 Å². The first-order chi connectivity index (χ1) is 27.9. The molecule has 7 nitrogen and oxygen atoms in total. The molecule has 3 aliphatic rings. The summed E-state index contributed by atoms with van der Waals surface area (Å²) in [6, 6.07) is 43.2. The average Bonchev–Trinajstić information content (AvgIpc) is 3.72. The maximum absolute atomic E-state index is 9.13. The molecule has 58 heavy (non-hydrogen) atoms. The molecule has 0 bridgehead atoms. The normalized spacial score (nSPS) is 16.8. The van der Waals surface area contributed by atoms with Crippen LogP contribution in [0, 0.1) is 5.41 Å². The van der Waals surface area contributed by atoms with E-state index in [0.29, 0.717) is 11.4 Å². The number of anilines is 2. The van der Waals surface area contributed by atoms with Crippen LogP contribution in [0.5, 0.6) is 0 Å². The van der Waals surface area contributed by atoms with E-state index in [-0.39, 0.29) is 6.04 Å². The predicted molar refractivity (Wildman–Crippen MR) is 239 cm³/mol. The van der Waals surface area contributed by atoms with Gasteiger partial charge in [0.15, 0.2) is 0 Å². The molecular formula is C51H43N7. The van der Waals surface area contributed by atoms with Crippen molar-refractivity contribution in [3.8, 4) is 22.3 Å². The number of hydrogen-bond acceptors (Lipinski definition) is 7. The first kappa shape index (κ1) is 35.5. The zero-order valence-electron chi connectivity index (χ0n) is 33.5. The third-order valence-electron chi connectivity index (χ3n) is 11.0. The van der Waals surface area contributed by atoms with Crippen molar-refractivity contribution in [1.29, 1.82) is 5.41 Å². The summed E-state index contributed by atoms with van der Waals surface area (Å²) < 4.78 is 0. The van der Waals surface area contributed by atoms with Crippen molar-refractivity contribution in [1.82, 2.24) is 0 Å². The Kier molecular flexibility index (Phi) is 8.03. The van der Waals surface area contributed by atoms with Gasteiger partial charge in [0.05, 0.1) is 33.5 Å². The third kappa shape index (κ3) is 5.97. The van der Waals surface area contributed by atoms with Crippen molar-refractivity contribution < 1.29 is 0 Å².